The Labute approximate surface area is 88.5 Å². The Balaban J connectivity index is 2.38. The van der Waals surface area contributed by atoms with Crippen LogP contribution in [0.3, 0.4) is 0 Å². The minimum Gasteiger partial charge on any atom is -0.480 e. The molecule has 0 radical (unpaired) electrons. The molecule has 4 N–H and O–H groups in total. The molecule has 1 aromatic rings. The fourth-order valence-electron chi connectivity index (χ4n) is 2.36. The lowest BCUT2D eigenvalue weighted by Crippen LogP contribution is -2.42. The second-order valence-electron chi connectivity index (χ2n) is 4.46. The van der Waals surface area contributed by atoms with Crippen molar-refractivity contribution in [2.45, 2.75) is 38.1 Å². The van der Waals surface area contributed by atoms with Crippen LogP contribution in [0, 0.1) is 13.8 Å². The third-order valence-electron chi connectivity index (χ3n) is 3.34. The third kappa shape index (κ3) is 1.45. The predicted molar refractivity (Wildman–Crippen MR) is 56.8 cm³/mol. The van der Waals surface area contributed by atoms with Crippen LogP contribution >= 0.6 is 0 Å². The van der Waals surface area contributed by atoms with Crippen molar-refractivity contribution < 1.29 is 9.90 Å². The number of hydrogen-bond donors (Lipinski definition) is 3. The minimum atomic E-state index is -0.911. The van der Waals surface area contributed by atoms with Crippen molar-refractivity contribution in [2.24, 2.45) is 5.73 Å². The first kappa shape index (κ1) is 10.2. The SMILES string of the molecule is Cc1cc(C2(C(N)C(=O)O)CC2)c(C)[nH]1. The Bertz CT molecular complexity index is 405. The van der Waals surface area contributed by atoms with Gasteiger partial charge in [-0.1, -0.05) is 0 Å². The van der Waals surface area contributed by atoms with Crippen molar-refractivity contribution in [1.82, 2.24) is 4.98 Å². The van der Waals surface area contributed by atoms with Crippen LogP contribution in [0.1, 0.15) is 29.8 Å². The van der Waals surface area contributed by atoms with Gasteiger partial charge >= 0.3 is 5.97 Å². The molecule has 1 atom stereocenters. The maximum Gasteiger partial charge on any atom is 0.321 e. The summed E-state index contributed by atoms with van der Waals surface area (Å²) >= 11 is 0. The quantitative estimate of drug-likeness (QED) is 0.695. The van der Waals surface area contributed by atoms with E-state index < -0.39 is 12.0 Å². The molecule has 1 aromatic heterocycles. The highest BCUT2D eigenvalue weighted by Gasteiger charge is 2.53. The molecule has 4 nitrogen and oxygen atoms in total. The number of hydrogen-bond acceptors (Lipinski definition) is 2. The van der Waals surface area contributed by atoms with E-state index in [0.717, 1.165) is 29.8 Å². The lowest BCUT2D eigenvalue weighted by molar-refractivity contribution is -0.139. The number of aromatic nitrogens is 1. The van der Waals surface area contributed by atoms with E-state index in [9.17, 15) is 4.79 Å². The molecular formula is C11H16N2O2. The zero-order valence-electron chi connectivity index (χ0n) is 9.00. The average Bonchev–Trinajstić information content (AvgIpc) is 2.87. The Morgan fingerprint density at radius 1 is 1.60 bits per heavy atom. The van der Waals surface area contributed by atoms with Crippen molar-refractivity contribution in [2.75, 3.05) is 0 Å². The van der Waals surface area contributed by atoms with Crippen LogP contribution in [0.5, 0.6) is 0 Å². The van der Waals surface area contributed by atoms with E-state index in [2.05, 4.69) is 4.98 Å². The van der Waals surface area contributed by atoms with Crippen LogP contribution in [0.2, 0.25) is 0 Å². The first-order valence-electron chi connectivity index (χ1n) is 5.12. The number of carboxylic acid groups (broad SMARTS) is 1. The first-order chi connectivity index (χ1) is 6.97. The van der Waals surface area contributed by atoms with E-state index in [4.69, 9.17) is 10.8 Å². The molecule has 1 saturated carbocycles. The minimum absolute atomic E-state index is 0.319. The Morgan fingerprint density at radius 3 is 2.53 bits per heavy atom. The number of aryl methyl sites for hydroxylation is 2. The summed E-state index contributed by atoms with van der Waals surface area (Å²) in [5.74, 6) is -0.911. The van der Waals surface area contributed by atoms with Crippen LogP contribution in [0.25, 0.3) is 0 Å². The summed E-state index contributed by atoms with van der Waals surface area (Å²) in [5, 5.41) is 8.98. The summed E-state index contributed by atoms with van der Waals surface area (Å²) in [6, 6.07) is 1.23. The summed E-state index contributed by atoms with van der Waals surface area (Å²) in [7, 11) is 0. The van der Waals surface area contributed by atoms with Crippen LogP contribution in [-0.2, 0) is 10.2 Å². The van der Waals surface area contributed by atoms with Gasteiger partial charge in [0.15, 0.2) is 0 Å². The molecule has 0 spiro atoms. The highest BCUT2D eigenvalue weighted by Crippen LogP contribution is 2.51. The van der Waals surface area contributed by atoms with Crippen LogP contribution in [0.15, 0.2) is 6.07 Å². The molecule has 1 heterocycles. The summed E-state index contributed by atoms with van der Waals surface area (Å²) in [4.78, 5) is 14.1. The first-order valence-corrected chi connectivity index (χ1v) is 5.12. The van der Waals surface area contributed by atoms with E-state index in [1.54, 1.807) is 0 Å². The van der Waals surface area contributed by atoms with Gasteiger partial charge in [-0.15, -0.1) is 0 Å². The van der Waals surface area contributed by atoms with Gasteiger partial charge in [-0.3, -0.25) is 4.79 Å². The zero-order chi connectivity index (χ0) is 11.2. The second-order valence-corrected chi connectivity index (χ2v) is 4.46. The van der Waals surface area contributed by atoms with Crippen molar-refractivity contribution in [3.8, 4) is 0 Å². The normalized spacial score (nSPS) is 19.9. The van der Waals surface area contributed by atoms with Crippen LogP contribution in [-0.4, -0.2) is 22.1 Å². The van der Waals surface area contributed by atoms with Gasteiger partial charge in [0, 0.05) is 16.8 Å². The molecule has 0 bridgehead atoms. The highest BCUT2D eigenvalue weighted by atomic mass is 16.4. The smallest absolute Gasteiger partial charge is 0.321 e. The van der Waals surface area contributed by atoms with Gasteiger partial charge in [-0.05, 0) is 38.3 Å². The van der Waals surface area contributed by atoms with E-state index in [1.807, 2.05) is 19.9 Å². The van der Waals surface area contributed by atoms with E-state index in [1.165, 1.54) is 0 Å². The molecule has 0 saturated heterocycles. The van der Waals surface area contributed by atoms with Crippen LogP contribution in [0.4, 0.5) is 0 Å². The molecule has 1 aliphatic carbocycles. The van der Waals surface area contributed by atoms with Gasteiger partial charge < -0.3 is 15.8 Å². The maximum absolute atomic E-state index is 10.9. The topological polar surface area (TPSA) is 79.1 Å². The lowest BCUT2D eigenvalue weighted by Gasteiger charge is -2.19. The molecule has 82 valence electrons. The highest BCUT2D eigenvalue weighted by molar-refractivity contribution is 5.77. The van der Waals surface area contributed by atoms with E-state index in [-0.39, 0.29) is 5.41 Å². The molecule has 1 unspecified atom stereocenters. The molecular weight excluding hydrogens is 192 g/mol. The number of rotatable bonds is 3. The van der Waals surface area contributed by atoms with Crippen molar-refractivity contribution in [1.29, 1.82) is 0 Å². The summed E-state index contributed by atoms with van der Waals surface area (Å²) in [5.41, 5.74) is 8.62. The number of aliphatic carboxylic acids is 1. The molecule has 0 aromatic carbocycles. The van der Waals surface area contributed by atoms with Gasteiger partial charge in [-0.2, -0.15) is 0 Å². The molecule has 0 aliphatic heterocycles. The number of aromatic amines is 1. The second kappa shape index (κ2) is 3.10. The Kier molecular flexibility index (Phi) is 2.12. The standard InChI is InChI=1S/C11H16N2O2/c1-6-5-8(7(2)13-6)11(3-4-11)9(12)10(14)15/h5,9,13H,3-4,12H2,1-2H3,(H,14,15). The number of nitrogens with one attached hydrogen (secondary N) is 1. The maximum atomic E-state index is 10.9. The van der Waals surface area contributed by atoms with E-state index >= 15 is 0 Å². The Hall–Kier alpha value is -1.29. The predicted octanol–water partition coefficient (Wildman–Crippen LogP) is 1.08. The summed E-state index contributed by atoms with van der Waals surface area (Å²) in [6.45, 7) is 3.94. The summed E-state index contributed by atoms with van der Waals surface area (Å²) < 4.78 is 0. The molecule has 15 heavy (non-hydrogen) atoms. The average molecular weight is 208 g/mol. The fourth-order valence-corrected chi connectivity index (χ4v) is 2.36. The fraction of sp³-hybridized carbons (Fsp3) is 0.545. The Morgan fingerprint density at radius 2 is 2.20 bits per heavy atom. The molecule has 1 aliphatic rings. The van der Waals surface area contributed by atoms with Gasteiger partial charge in [0.25, 0.3) is 0 Å². The number of carboxylic acids is 1. The van der Waals surface area contributed by atoms with Gasteiger partial charge in [-0.25, -0.2) is 0 Å². The van der Waals surface area contributed by atoms with Crippen molar-refractivity contribution >= 4 is 5.97 Å². The van der Waals surface area contributed by atoms with E-state index in [0.29, 0.717) is 0 Å². The van der Waals surface area contributed by atoms with Gasteiger partial charge in [0.2, 0.25) is 0 Å². The van der Waals surface area contributed by atoms with Crippen molar-refractivity contribution in [3.05, 3.63) is 23.0 Å². The molecule has 1 fully saturated rings. The van der Waals surface area contributed by atoms with Crippen LogP contribution < -0.4 is 5.73 Å². The monoisotopic (exact) mass is 208 g/mol. The largest absolute Gasteiger partial charge is 0.480 e. The van der Waals surface area contributed by atoms with Gasteiger partial charge in [0.05, 0.1) is 0 Å². The summed E-state index contributed by atoms with van der Waals surface area (Å²) in [6.07, 6.45) is 1.75. The zero-order valence-corrected chi connectivity index (χ0v) is 9.00. The number of nitrogens with two attached hydrogens (primary N) is 1. The van der Waals surface area contributed by atoms with Gasteiger partial charge in [0.1, 0.15) is 6.04 Å². The molecule has 0 amide bonds. The number of carbonyl (C=O) groups is 1. The van der Waals surface area contributed by atoms with Crippen molar-refractivity contribution in [3.63, 3.8) is 0 Å². The lowest BCUT2D eigenvalue weighted by atomic mass is 9.88. The molecule has 4 heteroatoms. The third-order valence-corrected chi connectivity index (χ3v) is 3.34. The number of H-pyrrole nitrogens is 1. The molecule has 2 rings (SSSR count).